The molecule has 5 rings (SSSR count). The van der Waals surface area contributed by atoms with Crippen molar-refractivity contribution in [3.05, 3.63) is 59.1 Å². The Morgan fingerprint density at radius 2 is 1.87 bits per heavy atom. The molecule has 2 heterocycles. The van der Waals surface area contributed by atoms with E-state index in [-0.39, 0.29) is 34.9 Å². The standard InChI is InChI=1S/C25H17ClF3N3O6/c1-31(14-8-13(26)9-16(10-14)38-25(27,28)29)24(36)37-15-7-12-3-2-4-18-21(12)17(11-15)23(35)32(18)19-5-6-20(33)30-22(19)34/h2-4,7-11,19H,5-6H2,1H3,(H,30,33,34). The van der Waals surface area contributed by atoms with Gasteiger partial charge in [0, 0.05) is 29.9 Å². The Bertz CT molecular complexity index is 1530. The maximum absolute atomic E-state index is 13.4. The number of nitrogens with zero attached hydrogens (tertiary/aromatic N) is 2. The second kappa shape index (κ2) is 9.21. The average molecular weight is 548 g/mol. The number of nitrogens with one attached hydrogen (secondary N) is 1. The summed E-state index contributed by atoms with van der Waals surface area (Å²) in [5, 5.41) is 3.25. The minimum atomic E-state index is -4.96. The summed E-state index contributed by atoms with van der Waals surface area (Å²) >= 11 is 5.90. The fraction of sp³-hybridized carbons (Fsp3) is 0.200. The molecule has 9 nitrogen and oxygen atoms in total. The van der Waals surface area contributed by atoms with Crippen molar-refractivity contribution < 1.29 is 41.8 Å². The number of carbonyl (C=O) groups excluding carboxylic acids is 4. The molecule has 0 aromatic heterocycles. The second-order valence-electron chi connectivity index (χ2n) is 8.61. The van der Waals surface area contributed by atoms with Crippen LogP contribution in [0.25, 0.3) is 10.8 Å². The third-order valence-electron chi connectivity index (χ3n) is 6.11. The monoisotopic (exact) mass is 547 g/mol. The lowest BCUT2D eigenvalue weighted by Crippen LogP contribution is -2.53. The Morgan fingerprint density at radius 3 is 2.58 bits per heavy atom. The Morgan fingerprint density at radius 1 is 1.11 bits per heavy atom. The van der Waals surface area contributed by atoms with Gasteiger partial charge >= 0.3 is 12.5 Å². The lowest BCUT2D eigenvalue weighted by Gasteiger charge is -2.30. The van der Waals surface area contributed by atoms with E-state index in [1.165, 1.54) is 30.1 Å². The lowest BCUT2D eigenvalue weighted by atomic mass is 10.0. The molecule has 0 saturated carbocycles. The molecule has 3 aromatic rings. The number of anilines is 2. The van der Waals surface area contributed by atoms with Gasteiger partial charge in [-0.15, -0.1) is 13.2 Å². The van der Waals surface area contributed by atoms with Crippen LogP contribution in [0.2, 0.25) is 5.02 Å². The van der Waals surface area contributed by atoms with E-state index in [0.29, 0.717) is 16.5 Å². The van der Waals surface area contributed by atoms with Crippen molar-refractivity contribution in [2.75, 3.05) is 16.8 Å². The summed E-state index contributed by atoms with van der Waals surface area (Å²) in [6.45, 7) is 0. The van der Waals surface area contributed by atoms with Gasteiger partial charge in [-0.3, -0.25) is 29.5 Å². The summed E-state index contributed by atoms with van der Waals surface area (Å²) in [6.07, 6.45) is -5.68. The molecule has 0 spiro atoms. The predicted molar refractivity (Wildman–Crippen MR) is 129 cm³/mol. The van der Waals surface area contributed by atoms with Crippen LogP contribution in [0.5, 0.6) is 11.5 Å². The van der Waals surface area contributed by atoms with Gasteiger partial charge in [0.25, 0.3) is 5.91 Å². The van der Waals surface area contributed by atoms with Gasteiger partial charge in [-0.05, 0) is 42.1 Å². The van der Waals surface area contributed by atoms with Crippen molar-refractivity contribution in [3.63, 3.8) is 0 Å². The van der Waals surface area contributed by atoms with Crippen LogP contribution in [0.15, 0.2) is 48.5 Å². The smallest absolute Gasteiger partial charge is 0.410 e. The third-order valence-corrected chi connectivity index (χ3v) is 6.33. The molecule has 196 valence electrons. The highest BCUT2D eigenvalue weighted by atomic mass is 35.5. The Hall–Kier alpha value is -4.32. The summed E-state index contributed by atoms with van der Waals surface area (Å²) in [5.74, 6) is -2.12. The first-order valence-electron chi connectivity index (χ1n) is 11.2. The molecule has 1 unspecified atom stereocenters. The molecule has 38 heavy (non-hydrogen) atoms. The number of hydrogen-bond donors (Lipinski definition) is 1. The number of imide groups is 1. The van der Waals surface area contributed by atoms with E-state index < -0.39 is 42.0 Å². The maximum atomic E-state index is 13.4. The van der Waals surface area contributed by atoms with E-state index >= 15 is 0 Å². The van der Waals surface area contributed by atoms with Crippen molar-refractivity contribution >= 4 is 57.6 Å². The third kappa shape index (κ3) is 4.70. The zero-order valence-corrected chi connectivity index (χ0v) is 20.2. The van der Waals surface area contributed by atoms with E-state index in [9.17, 15) is 32.3 Å². The first-order chi connectivity index (χ1) is 17.9. The van der Waals surface area contributed by atoms with Gasteiger partial charge in [-0.1, -0.05) is 23.7 Å². The van der Waals surface area contributed by atoms with Crippen molar-refractivity contribution in [2.45, 2.75) is 25.2 Å². The van der Waals surface area contributed by atoms with Gasteiger partial charge < -0.3 is 9.47 Å². The SMILES string of the molecule is CN(C(=O)Oc1cc2c3c(cccc3c1)N(C1CCC(=O)NC1=O)C2=O)c1cc(Cl)cc(OC(F)(F)F)c1. The van der Waals surface area contributed by atoms with E-state index in [4.69, 9.17) is 16.3 Å². The normalized spacial score (nSPS) is 17.0. The molecule has 2 aliphatic heterocycles. The molecule has 2 aliphatic rings. The number of carbonyl (C=O) groups is 4. The minimum absolute atomic E-state index is 0.00577. The van der Waals surface area contributed by atoms with Gasteiger partial charge in [-0.25, -0.2) is 4.79 Å². The average Bonchev–Trinajstić information content (AvgIpc) is 3.10. The molecule has 1 fully saturated rings. The van der Waals surface area contributed by atoms with Crippen LogP contribution in [0.3, 0.4) is 0 Å². The number of rotatable bonds is 4. The Labute approximate surface area is 217 Å². The topological polar surface area (TPSA) is 105 Å². The maximum Gasteiger partial charge on any atom is 0.573 e. The van der Waals surface area contributed by atoms with Crippen LogP contribution >= 0.6 is 11.6 Å². The Balaban J connectivity index is 1.42. The van der Waals surface area contributed by atoms with Crippen molar-refractivity contribution in [1.82, 2.24) is 5.32 Å². The quantitative estimate of drug-likeness (QED) is 0.471. The molecule has 0 aliphatic carbocycles. The summed E-state index contributed by atoms with van der Waals surface area (Å²) in [5.41, 5.74) is 0.648. The number of hydrogen-bond acceptors (Lipinski definition) is 6. The zero-order valence-electron chi connectivity index (χ0n) is 19.5. The van der Waals surface area contributed by atoms with Gasteiger partial charge in [0.1, 0.15) is 17.5 Å². The van der Waals surface area contributed by atoms with Crippen molar-refractivity contribution in [3.8, 4) is 11.5 Å². The van der Waals surface area contributed by atoms with Gasteiger partial charge in [0.15, 0.2) is 0 Å². The largest absolute Gasteiger partial charge is 0.573 e. The number of benzene rings is 3. The fourth-order valence-corrected chi connectivity index (χ4v) is 4.71. The van der Waals surface area contributed by atoms with E-state index in [1.54, 1.807) is 18.2 Å². The summed E-state index contributed by atoms with van der Waals surface area (Å²) in [6, 6.07) is 10.2. The van der Waals surface area contributed by atoms with Crippen LogP contribution in [0.1, 0.15) is 23.2 Å². The van der Waals surface area contributed by atoms with E-state index in [0.717, 1.165) is 17.0 Å². The second-order valence-corrected chi connectivity index (χ2v) is 9.04. The van der Waals surface area contributed by atoms with Crippen molar-refractivity contribution in [2.24, 2.45) is 0 Å². The highest BCUT2D eigenvalue weighted by Gasteiger charge is 2.41. The van der Waals surface area contributed by atoms with Crippen LogP contribution in [-0.2, 0) is 9.59 Å². The number of alkyl halides is 3. The van der Waals surface area contributed by atoms with Gasteiger partial charge in [-0.2, -0.15) is 0 Å². The highest BCUT2D eigenvalue weighted by Crippen LogP contribution is 2.42. The molecule has 1 atom stereocenters. The van der Waals surface area contributed by atoms with E-state index in [1.807, 2.05) is 0 Å². The summed E-state index contributed by atoms with van der Waals surface area (Å²) in [4.78, 5) is 52.5. The summed E-state index contributed by atoms with van der Waals surface area (Å²) in [7, 11) is 1.26. The molecular formula is C25H17ClF3N3O6. The van der Waals surface area contributed by atoms with Gasteiger partial charge in [0.05, 0.1) is 16.9 Å². The first kappa shape index (κ1) is 25.3. The van der Waals surface area contributed by atoms with E-state index in [2.05, 4.69) is 10.1 Å². The minimum Gasteiger partial charge on any atom is -0.410 e. The number of piperidine rings is 1. The number of halogens is 4. The van der Waals surface area contributed by atoms with Crippen molar-refractivity contribution in [1.29, 1.82) is 0 Å². The molecule has 4 amide bonds. The predicted octanol–water partition coefficient (Wildman–Crippen LogP) is 4.79. The molecule has 1 N–H and O–H groups in total. The number of amides is 4. The molecule has 1 saturated heterocycles. The van der Waals surface area contributed by atoms with Crippen LogP contribution < -0.4 is 24.6 Å². The highest BCUT2D eigenvalue weighted by molar-refractivity contribution is 6.31. The molecular weight excluding hydrogens is 531 g/mol. The summed E-state index contributed by atoms with van der Waals surface area (Å²) < 4.78 is 47.2. The van der Waals surface area contributed by atoms with Crippen LogP contribution in [0.4, 0.5) is 29.3 Å². The lowest BCUT2D eigenvalue weighted by molar-refractivity contribution is -0.274. The Kier molecular flexibility index (Phi) is 6.14. The van der Waals surface area contributed by atoms with Gasteiger partial charge in [0.2, 0.25) is 11.8 Å². The van der Waals surface area contributed by atoms with Crippen LogP contribution in [-0.4, -0.2) is 43.3 Å². The molecule has 0 bridgehead atoms. The molecule has 3 aromatic carbocycles. The van der Waals surface area contributed by atoms with Crippen LogP contribution in [0, 0.1) is 0 Å². The molecule has 0 radical (unpaired) electrons. The zero-order chi connectivity index (χ0) is 27.4. The first-order valence-corrected chi connectivity index (χ1v) is 11.5. The fourth-order valence-electron chi connectivity index (χ4n) is 4.49. The molecule has 13 heteroatoms. The number of ether oxygens (including phenoxy) is 2.